The Morgan fingerprint density at radius 3 is 2.73 bits per heavy atom. The van der Waals surface area contributed by atoms with E-state index in [9.17, 15) is 0 Å². The Bertz CT molecular complexity index is 348. The molecule has 1 aromatic rings. The van der Waals surface area contributed by atoms with Crippen LogP contribution in [0.25, 0.3) is 0 Å². The van der Waals surface area contributed by atoms with Crippen LogP contribution in [0.15, 0.2) is 42.5 Å². The van der Waals surface area contributed by atoms with Crippen molar-refractivity contribution < 1.29 is 9.47 Å². The second-order valence-electron chi connectivity index (χ2n) is 3.43. The van der Waals surface area contributed by atoms with Crippen molar-refractivity contribution in [1.29, 1.82) is 0 Å². The molecule has 0 saturated carbocycles. The van der Waals surface area contributed by atoms with Gasteiger partial charge in [-0.05, 0) is 6.92 Å². The van der Waals surface area contributed by atoms with Crippen molar-refractivity contribution in [1.82, 2.24) is 4.90 Å². The van der Waals surface area contributed by atoms with Gasteiger partial charge in [0.05, 0.1) is 12.8 Å². The molecule has 1 heterocycles. The maximum absolute atomic E-state index is 5.66. The van der Waals surface area contributed by atoms with Gasteiger partial charge < -0.3 is 14.4 Å². The SMILES string of the molecule is CCOC1=CN(C)C(c2ccccc2)O1. The van der Waals surface area contributed by atoms with Crippen molar-refractivity contribution in [3.8, 4) is 0 Å². The van der Waals surface area contributed by atoms with Crippen LogP contribution in [0.4, 0.5) is 0 Å². The third kappa shape index (κ3) is 2.06. The molecule has 1 unspecified atom stereocenters. The van der Waals surface area contributed by atoms with E-state index in [4.69, 9.17) is 9.47 Å². The number of ether oxygens (including phenoxy) is 2. The van der Waals surface area contributed by atoms with Gasteiger partial charge in [0.15, 0.2) is 0 Å². The van der Waals surface area contributed by atoms with Crippen LogP contribution in [-0.4, -0.2) is 18.6 Å². The Labute approximate surface area is 89.9 Å². The zero-order valence-electron chi connectivity index (χ0n) is 9.01. The Morgan fingerprint density at radius 1 is 1.33 bits per heavy atom. The van der Waals surface area contributed by atoms with Crippen LogP contribution in [0.2, 0.25) is 0 Å². The topological polar surface area (TPSA) is 21.7 Å². The Kier molecular flexibility index (Phi) is 2.81. The fraction of sp³-hybridized carbons (Fsp3) is 0.333. The summed E-state index contributed by atoms with van der Waals surface area (Å²) in [5.41, 5.74) is 1.13. The first-order chi connectivity index (χ1) is 7.31. The van der Waals surface area contributed by atoms with Crippen LogP contribution < -0.4 is 0 Å². The van der Waals surface area contributed by atoms with E-state index in [1.807, 2.05) is 55.4 Å². The van der Waals surface area contributed by atoms with Gasteiger partial charge in [0.1, 0.15) is 0 Å². The van der Waals surface area contributed by atoms with E-state index in [0.29, 0.717) is 12.6 Å². The average molecular weight is 205 g/mol. The van der Waals surface area contributed by atoms with Gasteiger partial charge in [-0.15, -0.1) is 0 Å². The maximum Gasteiger partial charge on any atom is 0.298 e. The van der Waals surface area contributed by atoms with Gasteiger partial charge in [0.2, 0.25) is 6.23 Å². The summed E-state index contributed by atoms with van der Waals surface area (Å²) < 4.78 is 11.0. The predicted molar refractivity (Wildman–Crippen MR) is 57.7 cm³/mol. The third-order valence-electron chi connectivity index (χ3n) is 2.28. The molecule has 80 valence electrons. The molecule has 0 radical (unpaired) electrons. The first-order valence-corrected chi connectivity index (χ1v) is 5.09. The lowest BCUT2D eigenvalue weighted by atomic mass is 10.2. The lowest BCUT2D eigenvalue weighted by Crippen LogP contribution is -2.15. The van der Waals surface area contributed by atoms with Crippen molar-refractivity contribution in [2.45, 2.75) is 13.2 Å². The molecule has 0 fully saturated rings. The lowest BCUT2D eigenvalue weighted by molar-refractivity contribution is -0.0190. The molecule has 1 aromatic carbocycles. The number of rotatable bonds is 3. The van der Waals surface area contributed by atoms with Crippen molar-refractivity contribution in [3.63, 3.8) is 0 Å². The number of nitrogens with zero attached hydrogens (tertiary/aromatic N) is 1. The van der Waals surface area contributed by atoms with Crippen molar-refractivity contribution in [3.05, 3.63) is 48.0 Å². The van der Waals surface area contributed by atoms with Crippen LogP contribution in [0.1, 0.15) is 18.7 Å². The van der Waals surface area contributed by atoms with Gasteiger partial charge in [0, 0.05) is 12.6 Å². The molecule has 0 N–H and O–H groups in total. The molecular weight excluding hydrogens is 190 g/mol. The van der Waals surface area contributed by atoms with Crippen molar-refractivity contribution >= 4 is 0 Å². The predicted octanol–water partition coefficient (Wildman–Crippen LogP) is 2.48. The average Bonchev–Trinajstić information content (AvgIpc) is 2.61. The highest BCUT2D eigenvalue weighted by molar-refractivity contribution is 5.19. The summed E-state index contributed by atoms with van der Waals surface area (Å²) >= 11 is 0. The first-order valence-electron chi connectivity index (χ1n) is 5.09. The summed E-state index contributed by atoms with van der Waals surface area (Å²) in [6.45, 7) is 2.57. The highest BCUT2D eigenvalue weighted by Gasteiger charge is 2.25. The van der Waals surface area contributed by atoms with Crippen LogP contribution in [0, 0.1) is 0 Å². The standard InChI is InChI=1S/C12H15NO2/c1-3-14-11-9-13(2)12(15-11)10-7-5-4-6-8-10/h4-9,12H,3H2,1-2H3. The van der Waals surface area contributed by atoms with Gasteiger partial charge in [0.25, 0.3) is 5.95 Å². The van der Waals surface area contributed by atoms with E-state index in [0.717, 1.165) is 5.56 Å². The van der Waals surface area contributed by atoms with Gasteiger partial charge in [-0.1, -0.05) is 30.3 Å². The summed E-state index contributed by atoms with van der Waals surface area (Å²) in [5.74, 6) is 0.592. The summed E-state index contributed by atoms with van der Waals surface area (Å²) in [7, 11) is 1.98. The molecule has 1 aliphatic rings. The van der Waals surface area contributed by atoms with Crippen molar-refractivity contribution in [2.75, 3.05) is 13.7 Å². The van der Waals surface area contributed by atoms with Crippen LogP contribution in [-0.2, 0) is 9.47 Å². The molecule has 3 heteroatoms. The fourth-order valence-electron chi connectivity index (χ4n) is 1.59. The Hall–Kier alpha value is -1.64. The summed E-state index contributed by atoms with van der Waals surface area (Å²) in [5, 5.41) is 0. The Morgan fingerprint density at radius 2 is 2.07 bits per heavy atom. The van der Waals surface area contributed by atoms with Gasteiger partial charge >= 0.3 is 0 Å². The van der Waals surface area contributed by atoms with E-state index in [1.165, 1.54) is 0 Å². The summed E-state index contributed by atoms with van der Waals surface area (Å²) in [6.07, 6.45) is 1.81. The minimum Gasteiger partial charge on any atom is -0.465 e. The zero-order chi connectivity index (χ0) is 10.7. The normalized spacial score (nSPS) is 19.7. The molecule has 3 nitrogen and oxygen atoms in total. The largest absolute Gasteiger partial charge is 0.465 e. The monoisotopic (exact) mass is 205 g/mol. The number of hydrogen-bond acceptors (Lipinski definition) is 3. The second-order valence-corrected chi connectivity index (χ2v) is 3.43. The molecule has 0 spiro atoms. The van der Waals surface area contributed by atoms with Gasteiger partial charge in [-0.25, -0.2) is 0 Å². The molecule has 0 amide bonds. The first kappa shape index (κ1) is 9.90. The number of benzene rings is 1. The molecule has 0 bridgehead atoms. The van der Waals surface area contributed by atoms with Gasteiger partial charge in [-0.3, -0.25) is 0 Å². The van der Waals surface area contributed by atoms with Crippen LogP contribution in [0.5, 0.6) is 0 Å². The summed E-state index contributed by atoms with van der Waals surface area (Å²) in [4.78, 5) is 2.00. The van der Waals surface area contributed by atoms with E-state index < -0.39 is 0 Å². The number of hydrogen-bond donors (Lipinski definition) is 0. The third-order valence-corrected chi connectivity index (χ3v) is 2.28. The summed E-state index contributed by atoms with van der Waals surface area (Å²) in [6, 6.07) is 10.1. The molecular formula is C12H15NO2. The molecule has 15 heavy (non-hydrogen) atoms. The minimum atomic E-state index is -0.0623. The van der Waals surface area contributed by atoms with Gasteiger partial charge in [-0.2, -0.15) is 0 Å². The zero-order valence-corrected chi connectivity index (χ0v) is 9.01. The molecule has 0 aliphatic carbocycles. The highest BCUT2D eigenvalue weighted by atomic mass is 16.7. The molecule has 0 saturated heterocycles. The van der Waals surface area contributed by atoms with E-state index in [1.54, 1.807) is 0 Å². The maximum atomic E-state index is 5.66. The molecule has 0 aromatic heterocycles. The molecule has 1 atom stereocenters. The quantitative estimate of drug-likeness (QED) is 0.756. The molecule has 1 aliphatic heterocycles. The van der Waals surface area contributed by atoms with E-state index in [-0.39, 0.29) is 6.23 Å². The smallest absolute Gasteiger partial charge is 0.298 e. The van der Waals surface area contributed by atoms with E-state index in [2.05, 4.69) is 0 Å². The lowest BCUT2D eigenvalue weighted by Gasteiger charge is -2.19. The second kappa shape index (κ2) is 4.26. The van der Waals surface area contributed by atoms with Crippen LogP contribution in [0.3, 0.4) is 0 Å². The minimum absolute atomic E-state index is 0.0623. The van der Waals surface area contributed by atoms with Crippen LogP contribution >= 0.6 is 0 Å². The Balaban J connectivity index is 2.09. The molecule has 2 rings (SSSR count). The highest BCUT2D eigenvalue weighted by Crippen LogP contribution is 2.30. The van der Waals surface area contributed by atoms with Crippen molar-refractivity contribution in [2.24, 2.45) is 0 Å². The van der Waals surface area contributed by atoms with E-state index >= 15 is 0 Å². The fourth-order valence-corrected chi connectivity index (χ4v) is 1.59.